The highest BCUT2D eigenvalue weighted by atomic mass is 35.5. The normalized spacial score (nSPS) is 12.5. The number of benzene rings is 1. The van der Waals surface area contributed by atoms with Crippen LogP contribution in [0.25, 0.3) is 0 Å². The average molecular weight is 290 g/mol. The molecule has 0 bridgehead atoms. The van der Waals surface area contributed by atoms with Crippen molar-refractivity contribution >= 4 is 21.6 Å². The largest absolute Gasteiger partial charge is 0.573 e. The molecule has 96 valence electrons. The summed E-state index contributed by atoms with van der Waals surface area (Å²) in [5.41, 5.74) is 0. The standard InChI is InChI=1S/C8H7ClF3NO3S/c1-13-17(14,15)7-4-5(2-3-6(7)9)16-8(10,11)12/h2-4,13H,1H3. The minimum atomic E-state index is -4.89. The van der Waals surface area contributed by atoms with Gasteiger partial charge in [-0.3, -0.25) is 0 Å². The summed E-state index contributed by atoms with van der Waals surface area (Å²) in [6.45, 7) is 0. The second kappa shape index (κ2) is 4.71. The molecule has 0 radical (unpaired) electrons. The number of hydrogen-bond donors (Lipinski definition) is 1. The molecular formula is C8H7ClF3NO3S. The molecule has 0 saturated heterocycles. The van der Waals surface area contributed by atoms with Crippen LogP contribution in [0, 0.1) is 0 Å². The molecule has 1 aromatic carbocycles. The summed E-state index contributed by atoms with van der Waals surface area (Å²) in [6.07, 6.45) is -4.89. The third kappa shape index (κ3) is 3.76. The van der Waals surface area contributed by atoms with E-state index in [0.717, 1.165) is 19.2 Å². The van der Waals surface area contributed by atoms with E-state index >= 15 is 0 Å². The van der Waals surface area contributed by atoms with E-state index < -0.39 is 27.0 Å². The Morgan fingerprint density at radius 3 is 2.41 bits per heavy atom. The van der Waals surface area contributed by atoms with Gasteiger partial charge in [0.15, 0.2) is 0 Å². The first kappa shape index (κ1) is 14.1. The first-order chi connectivity index (χ1) is 7.65. The highest BCUT2D eigenvalue weighted by molar-refractivity contribution is 7.89. The van der Waals surface area contributed by atoms with Crippen molar-refractivity contribution in [3.05, 3.63) is 23.2 Å². The molecule has 0 aliphatic heterocycles. The fourth-order valence-corrected chi connectivity index (χ4v) is 2.23. The maximum Gasteiger partial charge on any atom is 0.573 e. The Hall–Kier alpha value is -0.990. The molecule has 0 saturated carbocycles. The van der Waals surface area contributed by atoms with E-state index in [1.54, 1.807) is 0 Å². The fourth-order valence-electron chi connectivity index (χ4n) is 0.997. The van der Waals surface area contributed by atoms with Gasteiger partial charge in [-0.2, -0.15) is 0 Å². The highest BCUT2D eigenvalue weighted by Gasteiger charge is 2.31. The Morgan fingerprint density at radius 2 is 1.94 bits per heavy atom. The molecule has 0 fully saturated rings. The summed E-state index contributed by atoms with van der Waals surface area (Å²) in [7, 11) is -2.82. The number of halogens is 4. The van der Waals surface area contributed by atoms with Gasteiger partial charge < -0.3 is 4.74 Å². The molecule has 4 nitrogen and oxygen atoms in total. The summed E-state index contributed by atoms with van der Waals surface area (Å²) in [5.74, 6) is -0.657. The predicted octanol–water partition coefficient (Wildman–Crippen LogP) is 2.15. The molecule has 1 aromatic rings. The lowest BCUT2D eigenvalue weighted by molar-refractivity contribution is -0.274. The summed E-state index contributed by atoms with van der Waals surface area (Å²) in [5, 5.41) is -0.200. The van der Waals surface area contributed by atoms with E-state index in [4.69, 9.17) is 11.6 Å². The van der Waals surface area contributed by atoms with Crippen LogP contribution in [-0.4, -0.2) is 21.8 Å². The van der Waals surface area contributed by atoms with Gasteiger partial charge in [-0.05, 0) is 19.2 Å². The maximum atomic E-state index is 11.9. The molecule has 0 aromatic heterocycles. The Morgan fingerprint density at radius 1 is 1.35 bits per heavy atom. The number of alkyl halides is 3. The number of rotatable bonds is 3. The lowest BCUT2D eigenvalue weighted by atomic mass is 10.3. The van der Waals surface area contributed by atoms with E-state index in [1.165, 1.54) is 0 Å². The quantitative estimate of drug-likeness (QED) is 0.927. The number of nitrogens with one attached hydrogen (secondary N) is 1. The van der Waals surface area contributed by atoms with Crippen molar-refractivity contribution in [2.75, 3.05) is 7.05 Å². The van der Waals surface area contributed by atoms with Gasteiger partial charge in [0.2, 0.25) is 10.0 Å². The highest BCUT2D eigenvalue weighted by Crippen LogP contribution is 2.29. The minimum absolute atomic E-state index is 0.200. The molecule has 17 heavy (non-hydrogen) atoms. The molecule has 9 heteroatoms. The van der Waals surface area contributed by atoms with Crippen LogP contribution in [-0.2, 0) is 10.0 Å². The van der Waals surface area contributed by atoms with Crippen molar-refractivity contribution in [1.29, 1.82) is 0 Å². The third-order valence-corrected chi connectivity index (χ3v) is 3.59. The van der Waals surface area contributed by atoms with Crippen LogP contribution in [0.1, 0.15) is 0 Å². The zero-order chi connectivity index (χ0) is 13.3. The van der Waals surface area contributed by atoms with Crippen LogP contribution in [0.15, 0.2) is 23.1 Å². The molecule has 1 rings (SSSR count). The molecule has 0 aliphatic carbocycles. The summed E-state index contributed by atoms with van der Waals surface area (Å²) < 4.78 is 64.1. The summed E-state index contributed by atoms with van der Waals surface area (Å²) >= 11 is 5.57. The Bertz CT molecular complexity index is 515. The monoisotopic (exact) mass is 289 g/mol. The maximum absolute atomic E-state index is 11.9. The van der Waals surface area contributed by atoms with E-state index in [1.807, 2.05) is 4.72 Å². The second-order valence-corrected chi connectivity index (χ2v) is 5.11. The van der Waals surface area contributed by atoms with Gasteiger partial charge in [-0.1, -0.05) is 11.6 Å². The van der Waals surface area contributed by atoms with Gasteiger partial charge in [-0.25, -0.2) is 13.1 Å². The number of sulfonamides is 1. The van der Waals surface area contributed by atoms with Gasteiger partial charge in [0, 0.05) is 6.07 Å². The fraction of sp³-hybridized carbons (Fsp3) is 0.250. The average Bonchev–Trinajstić information content (AvgIpc) is 2.18. The number of hydrogen-bond acceptors (Lipinski definition) is 3. The van der Waals surface area contributed by atoms with Crippen molar-refractivity contribution < 1.29 is 26.3 Å². The van der Waals surface area contributed by atoms with Gasteiger partial charge in [-0.15, -0.1) is 13.2 Å². The van der Waals surface area contributed by atoms with E-state index in [0.29, 0.717) is 6.07 Å². The Balaban J connectivity index is 3.21. The van der Waals surface area contributed by atoms with Crippen LogP contribution in [0.4, 0.5) is 13.2 Å². The topological polar surface area (TPSA) is 55.4 Å². The third-order valence-electron chi connectivity index (χ3n) is 1.69. The van der Waals surface area contributed by atoms with Crippen molar-refractivity contribution in [3.8, 4) is 5.75 Å². The zero-order valence-electron chi connectivity index (χ0n) is 8.38. The SMILES string of the molecule is CNS(=O)(=O)c1cc(OC(F)(F)F)ccc1Cl. The Labute approximate surface area is 100 Å². The number of ether oxygens (including phenoxy) is 1. The first-order valence-corrected chi connectivity index (χ1v) is 6.00. The molecule has 0 amide bonds. The van der Waals surface area contributed by atoms with Crippen molar-refractivity contribution in [3.63, 3.8) is 0 Å². The van der Waals surface area contributed by atoms with Crippen LogP contribution >= 0.6 is 11.6 Å². The molecular weight excluding hydrogens is 283 g/mol. The van der Waals surface area contributed by atoms with Crippen LogP contribution in [0.5, 0.6) is 5.75 Å². The molecule has 0 aliphatic rings. The molecule has 0 heterocycles. The molecule has 0 spiro atoms. The van der Waals surface area contributed by atoms with Crippen LogP contribution in [0.2, 0.25) is 5.02 Å². The molecule has 1 N–H and O–H groups in total. The summed E-state index contributed by atoms with van der Waals surface area (Å²) in [6, 6.07) is 2.62. The second-order valence-electron chi connectivity index (χ2n) is 2.85. The zero-order valence-corrected chi connectivity index (χ0v) is 9.95. The minimum Gasteiger partial charge on any atom is -0.406 e. The van der Waals surface area contributed by atoms with Crippen LogP contribution in [0.3, 0.4) is 0 Å². The van der Waals surface area contributed by atoms with E-state index in [9.17, 15) is 21.6 Å². The summed E-state index contributed by atoms with van der Waals surface area (Å²) in [4.78, 5) is -0.483. The smallest absolute Gasteiger partial charge is 0.406 e. The Kier molecular flexibility index (Phi) is 3.90. The lowest BCUT2D eigenvalue weighted by Crippen LogP contribution is -2.20. The van der Waals surface area contributed by atoms with Gasteiger partial charge in [0.05, 0.1) is 5.02 Å². The van der Waals surface area contributed by atoms with Crippen molar-refractivity contribution in [1.82, 2.24) is 4.72 Å². The van der Waals surface area contributed by atoms with Gasteiger partial charge >= 0.3 is 6.36 Å². The van der Waals surface area contributed by atoms with Crippen LogP contribution < -0.4 is 9.46 Å². The van der Waals surface area contributed by atoms with Gasteiger partial charge in [0.25, 0.3) is 0 Å². The van der Waals surface area contributed by atoms with Crippen molar-refractivity contribution in [2.24, 2.45) is 0 Å². The van der Waals surface area contributed by atoms with Crippen molar-refractivity contribution in [2.45, 2.75) is 11.3 Å². The first-order valence-electron chi connectivity index (χ1n) is 4.14. The lowest BCUT2D eigenvalue weighted by Gasteiger charge is -2.11. The van der Waals surface area contributed by atoms with E-state index in [2.05, 4.69) is 4.74 Å². The van der Waals surface area contributed by atoms with E-state index in [-0.39, 0.29) is 5.02 Å². The molecule has 0 unspecified atom stereocenters. The molecule has 0 atom stereocenters. The van der Waals surface area contributed by atoms with Gasteiger partial charge in [0.1, 0.15) is 10.6 Å². The predicted molar refractivity (Wildman–Crippen MR) is 54.4 cm³/mol.